The summed E-state index contributed by atoms with van der Waals surface area (Å²) in [7, 11) is 0. The quantitative estimate of drug-likeness (QED) is 0.919. The van der Waals surface area contributed by atoms with Crippen LogP contribution in [0.2, 0.25) is 0 Å². The molecule has 0 fully saturated rings. The molecule has 3 nitrogen and oxygen atoms in total. The summed E-state index contributed by atoms with van der Waals surface area (Å²) in [6.45, 7) is 0. The van der Waals surface area contributed by atoms with E-state index in [4.69, 9.17) is 0 Å². The number of halogens is 3. The smallest absolute Gasteiger partial charge is 0.416 e. The third-order valence-electron chi connectivity index (χ3n) is 3.56. The number of carboxylic acids is 1. The van der Waals surface area contributed by atoms with E-state index in [1.165, 1.54) is 12.1 Å². The minimum absolute atomic E-state index is 0.128. The highest BCUT2D eigenvalue weighted by Crippen LogP contribution is 2.30. The molecule has 0 bridgehead atoms. The maximum atomic E-state index is 12.5. The van der Waals surface area contributed by atoms with Gasteiger partial charge in [0.05, 0.1) is 11.7 Å². The van der Waals surface area contributed by atoms with Crippen molar-refractivity contribution in [3.8, 4) is 0 Å². The number of alkyl halides is 3. The second-order valence-electron chi connectivity index (χ2n) is 5.18. The molecule has 0 aliphatic rings. The largest absolute Gasteiger partial charge is 0.550 e. The summed E-state index contributed by atoms with van der Waals surface area (Å²) >= 11 is 0. The number of carbonyl (C=O) groups excluding carboxylic acids is 1. The highest BCUT2D eigenvalue weighted by molar-refractivity contribution is 5.69. The molecule has 0 aliphatic carbocycles. The molecule has 0 aliphatic heterocycles. The first-order valence-electron chi connectivity index (χ1n) is 6.89. The number of benzene rings is 2. The number of carboxylic acid groups (broad SMARTS) is 1. The Morgan fingerprint density at radius 2 is 1.61 bits per heavy atom. The molecule has 0 saturated carbocycles. The van der Waals surface area contributed by atoms with Gasteiger partial charge in [-0.3, -0.25) is 0 Å². The van der Waals surface area contributed by atoms with Gasteiger partial charge in [0.1, 0.15) is 0 Å². The molecule has 2 aromatic rings. The number of hydrogen-bond acceptors (Lipinski definition) is 3. The normalized spacial score (nSPS) is 14.3. The lowest BCUT2D eigenvalue weighted by molar-refractivity contribution is -0.314. The molecular weight excluding hydrogens is 309 g/mol. The summed E-state index contributed by atoms with van der Waals surface area (Å²) in [5, 5.41) is 21.5. The number of aliphatic hydroxyl groups excluding tert-OH is 1. The lowest BCUT2D eigenvalue weighted by atomic mass is 9.89. The zero-order chi connectivity index (χ0) is 17.0. The van der Waals surface area contributed by atoms with Gasteiger partial charge in [-0.15, -0.1) is 0 Å². The summed E-state index contributed by atoms with van der Waals surface area (Å²) in [5.41, 5.74) is -0.0225. The second-order valence-corrected chi connectivity index (χ2v) is 5.18. The van der Waals surface area contributed by atoms with Crippen molar-refractivity contribution in [1.29, 1.82) is 0 Å². The molecular formula is C17H14F3O3-. The van der Waals surface area contributed by atoms with Crippen LogP contribution in [0.1, 0.15) is 22.8 Å². The molecule has 0 aromatic heterocycles. The molecule has 23 heavy (non-hydrogen) atoms. The van der Waals surface area contributed by atoms with Gasteiger partial charge in [0.25, 0.3) is 0 Å². The van der Waals surface area contributed by atoms with Crippen LogP contribution in [0.5, 0.6) is 0 Å². The summed E-state index contributed by atoms with van der Waals surface area (Å²) in [5.74, 6) is -2.71. The van der Waals surface area contributed by atoms with Crippen molar-refractivity contribution in [2.24, 2.45) is 5.92 Å². The van der Waals surface area contributed by atoms with Crippen molar-refractivity contribution in [3.05, 3.63) is 71.3 Å². The van der Waals surface area contributed by atoms with Crippen LogP contribution in [0.15, 0.2) is 54.6 Å². The Bertz CT molecular complexity index is 651. The van der Waals surface area contributed by atoms with Gasteiger partial charge < -0.3 is 15.0 Å². The minimum atomic E-state index is -4.45. The van der Waals surface area contributed by atoms with Gasteiger partial charge in [0, 0.05) is 11.9 Å². The van der Waals surface area contributed by atoms with Crippen molar-refractivity contribution < 1.29 is 28.2 Å². The topological polar surface area (TPSA) is 60.4 Å². The monoisotopic (exact) mass is 323 g/mol. The molecule has 2 unspecified atom stereocenters. The minimum Gasteiger partial charge on any atom is -0.550 e. The Balaban J connectivity index is 2.18. The van der Waals surface area contributed by atoms with Crippen molar-refractivity contribution in [2.75, 3.05) is 0 Å². The average Bonchev–Trinajstić information content (AvgIpc) is 2.52. The summed E-state index contributed by atoms with van der Waals surface area (Å²) in [4.78, 5) is 11.3. The van der Waals surface area contributed by atoms with E-state index in [0.717, 1.165) is 12.1 Å². The van der Waals surface area contributed by atoms with Crippen molar-refractivity contribution in [3.63, 3.8) is 0 Å². The number of aliphatic carboxylic acids is 1. The molecule has 2 rings (SSSR count). The van der Waals surface area contributed by atoms with E-state index in [1.54, 1.807) is 30.3 Å². The first kappa shape index (κ1) is 17.0. The van der Waals surface area contributed by atoms with E-state index in [1.807, 2.05) is 0 Å². The Kier molecular flexibility index (Phi) is 5.05. The fourth-order valence-corrected chi connectivity index (χ4v) is 2.29. The number of aliphatic hydroxyl groups is 1. The molecule has 0 heterocycles. The lowest BCUT2D eigenvalue weighted by Crippen LogP contribution is -2.36. The van der Waals surface area contributed by atoms with Crippen molar-refractivity contribution in [1.82, 2.24) is 0 Å². The fraction of sp³-hybridized carbons (Fsp3) is 0.235. The highest BCUT2D eigenvalue weighted by Gasteiger charge is 2.30. The zero-order valence-corrected chi connectivity index (χ0v) is 12.0. The molecule has 2 atom stereocenters. The predicted molar refractivity (Wildman–Crippen MR) is 75.0 cm³/mol. The van der Waals surface area contributed by atoms with Gasteiger partial charge in [-0.25, -0.2) is 0 Å². The van der Waals surface area contributed by atoms with E-state index in [2.05, 4.69) is 0 Å². The van der Waals surface area contributed by atoms with E-state index < -0.39 is 29.7 Å². The Morgan fingerprint density at radius 1 is 1.04 bits per heavy atom. The van der Waals surface area contributed by atoms with Gasteiger partial charge in [0.15, 0.2) is 0 Å². The molecule has 1 N–H and O–H groups in total. The summed E-state index contributed by atoms with van der Waals surface area (Å²) in [6, 6.07) is 12.4. The fourth-order valence-electron chi connectivity index (χ4n) is 2.29. The van der Waals surface area contributed by atoms with Crippen LogP contribution in [0, 0.1) is 5.92 Å². The van der Waals surface area contributed by atoms with Crippen molar-refractivity contribution >= 4 is 5.97 Å². The number of hydrogen-bond donors (Lipinski definition) is 1. The first-order valence-corrected chi connectivity index (χ1v) is 6.89. The van der Waals surface area contributed by atoms with Gasteiger partial charge >= 0.3 is 6.18 Å². The Hall–Kier alpha value is -2.34. The van der Waals surface area contributed by atoms with Crippen molar-refractivity contribution in [2.45, 2.75) is 18.7 Å². The molecule has 0 amide bonds. The lowest BCUT2D eigenvalue weighted by Gasteiger charge is -2.24. The molecule has 0 spiro atoms. The van der Waals surface area contributed by atoms with E-state index in [9.17, 15) is 28.2 Å². The van der Waals surface area contributed by atoms with Gasteiger partial charge in [-0.05, 0) is 29.7 Å². The predicted octanol–water partition coefficient (Wildman–Crippen LogP) is 2.35. The molecule has 6 heteroatoms. The molecule has 2 aromatic carbocycles. The van der Waals surface area contributed by atoms with Crippen LogP contribution >= 0.6 is 0 Å². The maximum Gasteiger partial charge on any atom is 0.416 e. The zero-order valence-electron chi connectivity index (χ0n) is 12.0. The number of rotatable bonds is 5. The highest BCUT2D eigenvalue weighted by atomic mass is 19.4. The van der Waals surface area contributed by atoms with E-state index in [0.29, 0.717) is 11.1 Å². The summed E-state index contributed by atoms with van der Waals surface area (Å²) in [6.07, 6.45) is -5.88. The van der Waals surface area contributed by atoms with E-state index in [-0.39, 0.29) is 6.42 Å². The van der Waals surface area contributed by atoms with Crippen LogP contribution in [0.25, 0.3) is 0 Å². The SMILES string of the molecule is O=C([O-])C(Cc1ccc(C(F)(F)F)cc1)C(O)c1ccccc1. The molecule has 0 saturated heterocycles. The maximum absolute atomic E-state index is 12.5. The standard InChI is InChI=1S/C17H15F3O3/c18-17(19,20)13-8-6-11(7-9-13)10-14(16(22)23)15(21)12-4-2-1-3-5-12/h1-9,14-15,21H,10H2,(H,22,23)/p-1. The van der Waals surface area contributed by atoms with Crippen LogP contribution in [0.4, 0.5) is 13.2 Å². The number of carbonyl (C=O) groups is 1. The molecule has 122 valence electrons. The van der Waals surface area contributed by atoms with Gasteiger partial charge in [-0.1, -0.05) is 42.5 Å². The third-order valence-corrected chi connectivity index (χ3v) is 3.56. The average molecular weight is 323 g/mol. The van der Waals surface area contributed by atoms with Crippen LogP contribution < -0.4 is 5.11 Å². The second kappa shape index (κ2) is 6.83. The first-order chi connectivity index (χ1) is 10.8. The Labute approximate surface area is 131 Å². The summed E-state index contributed by atoms with van der Waals surface area (Å²) < 4.78 is 37.5. The van der Waals surface area contributed by atoms with E-state index >= 15 is 0 Å². The Morgan fingerprint density at radius 3 is 2.09 bits per heavy atom. The van der Waals surface area contributed by atoms with Crippen LogP contribution in [0.3, 0.4) is 0 Å². The van der Waals surface area contributed by atoms with Gasteiger partial charge in [-0.2, -0.15) is 13.2 Å². The molecule has 0 radical (unpaired) electrons. The third kappa shape index (κ3) is 4.32. The van der Waals surface area contributed by atoms with Crippen LogP contribution in [-0.2, 0) is 17.4 Å². The van der Waals surface area contributed by atoms with Crippen LogP contribution in [-0.4, -0.2) is 11.1 Å². The van der Waals surface area contributed by atoms with Gasteiger partial charge in [0.2, 0.25) is 0 Å².